The van der Waals surface area contributed by atoms with E-state index in [0.717, 1.165) is 12.3 Å². The molecule has 158 valence electrons. The van der Waals surface area contributed by atoms with Crippen LogP contribution in [0.1, 0.15) is 24.8 Å². The summed E-state index contributed by atoms with van der Waals surface area (Å²) in [6.45, 7) is -0.143. The lowest BCUT2D eigenvalue weighted by Crippen LogP contribution is -2.31. The van der Waals surface area contributed by atoms with E-state index in [2.05, 4.69) is 20.8 Å². The van der Waals surface area contributed by atoms with Gasteiger partial charge in [-0.3, -0.25) is 9.59 Å². The number of Topliss-reactive ketones (excluding diaryl/α,β-unsaturated/α-hetero) is 1. The van der Waals surface area contributed by atoms with Gasteiger partial charge in [-0.1, -0.05) is 16.8 Å². The predicted molar refractivity (Wildman–Crippen MR) is 98.7 cm³/mol. The molecule has 0 radical (unpaired) electrons. The van der Waals surface area contributed by atoms with Gasteiger partial charge in [-0.15, -0.1) is 0 Å². The molecule has 29 heavy (non-hydrogen) atoms. The van der Waals surface area contributed by atoms with E-state index in [1.807, 2.05) is 0 Å². The van der Waals surface area contributed by atoms with Crippen LogP contribution in [0, 0.1) is 0 Å². The van der Waals surface area contributed by atoms with Gasteiger partial charge in [0, 0.05) is 32.1 Å². The first-order chi connectivity index (χ1) is 13.7. The summed E-state index contributed by atoms with van der Waals surface area (Å²) in [5, 5.41) is 18.1. The number of amides is 1. The van der Waals surface area contributed by atoms with E-state index in [9.17, 15) is 27.9 Å². The molecule has 1 aromatic rings. The molecule has 3 N–H and O–H groups in total. The fourth-order valence-electron chi connectivity index (χ4n) is 2.34. The number of aromatic nitrogens is 1. The summed E-state index contributed by atoms with van der Waals surface area (Å²) in [7, 11) is 0. The molecule has 1 heterocycles. The smallest absolute Gasteiger partial charge is 0.417 e. The molecule has 2 rings (SSSR count). The Morgan fingerprint density at radius 2 is 2.14 bits per heavy atom. The van der Waals surface area contributed by atoms with Crippen molar-refractivity contribution in [3.63, 3.8) is 0 Å². The molecule has 0 spiro atoms. The van der Waals surface area contributed by atoms with Crippen LogP contribution >= 0.6 is 11.6 Å². The van der Waals surface area contributed by atoms with Gasteiger partial charge in [-0.05, 0) is 12.5 Å². The minimum absolute atomic E-state index is 0.0556. The monoisotopic (exact) mass is 434 g/mol. The zero-order valence-corrected chi connectivity index (χ0v) is 15.8. The van der Waals surface area contributed by atoms with Gasteiger partial charge in [0.2, 0.25) is 0 Å². The molecule has 0 saturated heterocycles. The van der Waals surface area contributed by atoms with Crippen molar-refractivity contribution in [2.45, 2.75) is 25.4 Å². The molecule has 0 saturated carbocycles. The first-order valence-electron chi connectivity index (χ1n) is 8.52. The van der Waals surface area contributed by atoms with Gasteiger partial charge in [-0.25, -0.2) is 4.98 Å². The van der Waals surface area contributed by atoms with Crippen LogP contribution in [0.25, 0.3) is 0 Å². The van der Waals surface area contributed by atoms with Crippen molar-refractivity contribution < 1.29 is 32.7 Å². The number of anilines is 1. The Kier molecular flexibility index (Phi) is 7.82. The molecular weight excluding hydrogens is 417 g/mol. The molecule has 0 aromatic carbocycles. The molecule has 12 heteroatoms. The number of allylic oxidation sites excluding steroid dienone is 2. The number of halogens is 4. The number of aliphatic hydroxyl groups excluding tert-OH is 1. The minimum Gasteiger partial charge on any atom is -0.512 e. The number of pyridine rings is 1. The molecule has 0 unspecified atom stereocenters. The average molecular weight is 435 g/mol. The topological polar surface area (TPSA) is 113 Å². The van der Waals surface area contributed by atoms with Gasteiger partial charge in [-0.2, -0.15) is 13.2 Å². The summed E-state index contributed by atoms with van der Waals surface area (Å²) in [6.07, 6.45) is -1.53. The number of ketones is 1. The predicted octanol–water partition coefficient (Wildman–Crippen LogP) is 2.85. The Morgan fingerprint density at radius 3 is 2.79 bits per heavy atom. The third kappa shape index (κ3) is 6.93. The normalized spacial score (nSPS) is 15.0. The van der Waals surface area contributed by atoms with Crippen molar-refractivity contribution in [1.29, 1.82) is 0 Å². The molecule has 0 fully saturated rings. The van der Waals surface area contributed by atoms with Crippen LogP contribution in [0.5, 0.6) is 0 Å². The van der Waals surface area contributed by atoms with Crippen molar-refractivity contribution in [2.75, 3.05) is 25.0 Å². The van der Waals surface area contributed by atoms with Crippen molar-refractivity contribution >= 4 is 35.3 Å². The highest BCUT2D eigenvalue weighted by Gasteiger charge is 2.31. The van der Waals surface area contributed by atoms with Gasteiger partial charge in [0.15, 0.2) is 12.4 Å². The lowest BCUT2D eigenvalue weighted by molar-refractivity contribution is -0.137. The van der Waals surface area contributed by atoms with E-state index in [4.69, 9.17) is 16.4 Å². The van der Waals surface area contributed by atoms with Crippen molar-refractivity contribution in [1.82, 2.24) is 10.3 Å². The largest absolute Gasteiger partial charge is 0.512 e. The number of hydrogen-bond donors (Lipinski definition) is 3. The molecule has 8 nitrogen and oxygen atoms in total. The summed E-state index contributed by atoms with van der Waals surface area (Å²) in [4.78, 5) is 31.6. The molecule has 1 aliphatic carbocycles. The Hall–Kier alpha value is -2.82. The molecule has 0 atom stereocenters. The number of hydrogen-bond acceptors (Lipinski definition) is 7. The lowest BCUT2D eigenvalue weighted by Gasteiger charge is -2.11. The second kappa shape index (κ2) is 10.1. The highest BCUT2D eigenvalue weighted by atomic mass is 35.5. The third-order valence-electron chi connectivity index (χ3n) is 3.79. The highest BCUT2D eigenvalue weighted by molar-refractivity contribution is 6.32. The second-order valence-electron chi connectivity index (χ2n) is 5.97. The van der Waals surface area contributed by atoms with E-state index in [1.54, 1.807) is 0 Å². The summed E-state index contributed by atoms with van der Waals surface area (Å²) >= 11 is 5.75. The van der Waals surface area contributed by atoms with Gasteiger partial charge < -0.3 is 20.6 Å². The highest BCUT2D eigenvalue weighted by Crippen LogP contribution is 2.32. The van der Waals surface area contributed by atoms with E-state index in [1.165, 1.54) is 0 Å². The number of oxime groups is 1. The number of carbonyl (C=O) groups is 2. The van der Waals surface area contributed by atoms with Crippen LogP contribution in [0.2, 0.25) is 5.02 Å². The Labute approximate surface area is 168 Å². The molecule has 0 aliphatic heterocycles. The van der Waals surface area contributed by atoms with Crippen molar-refractivity contribution in [2.24, 2.45) is 5.16 Å². The quantitative estimate of drug-likeness (QED) is 0.329. The molecule has 0 bridgehead atoms. The van der Waals surface area contributed by atoms with Crippen LogP contribution in [0.3, 0.4) is 0 Å². The van der Waals surface area contributed by atoms with Crippen LogP contribution in [-0.4, -0.2) is 47.7 Å². The standard InChI is InChI=1S/C17H18ClF3N4O4/c18-12-6-10(17(19,20)21)7-24-16(12)23-5-4-22-15(28)9-29-25-8-11-13(26)2-1-3-14(11)27/h6-8,26H,1-5,9H2,(H,22,28)(H,23,24). The van der Waals surface area contributed by atoms with Gasteiger partial charge in [0.25, 0.3) is 5.91 Å². The number of nitrogens with zero attached hydrogens (tertiary/aromatic N) is 2. The Bertz CT molecular complexity index is 827. The Morgan fingerprint density at radius 1 is 1.38 bits per heavy atom. The average Bonchev–Trinajstić information content (AvgIpc) is 2.64. The number of nitrogens with one attached hydrogen (secondary N) is 2. The zero-order chi connectivity index (χ0) is 21.4. The van der Waals surface area contributed by atoms with E-state index in [-0.39, 0.29) is 41.0 Å². The number of aliphatic hydroxyl groups is 1. The van der Waals surface area contributed by atoms with E-state index in [0.29, 0.717) is 25.5 Å². The first kappa shape index (κ1) is 22.5. The van der Waals surface area contributed by atoms with Crippen LogP contribution in [0.15, 0.2) is 28.8 Å². The molecule has 1 aliphatic rings. The summed E-state index contributed by atoms with van der Waals surface area (Å²) in [5.74, 6) is -0.754. The summed E-state index contributed by atoms with van der Waals surface area (Å²) in [5.41, 5.74) is -0.889. The summed E-state index contributed by atoms with van der Waals surface area (Å²) < 4.78 is 37.6. The number of carbonyl (C=O) groups excluding carboxylic acids is 2. The Balaban J connectivity index is 1.69. The molecule has 1 aromatic heterocycles. The number of rotatable bonds is 8. The number of alkyl halides is 3. The summed E-state index contributed by atoms with van der Waals surface area (Å²) in [6, 6.07) is 0.756. The fourth-order valence-corrected chi connectivity index (χ4v) is 2.57. The van der Waals surface area contributed by atoms with Gasteiger partial charge in [0.1, 0.15) is 11.6 Å². The molecular formula is C17H18ClF3N4O4. The van der Waals surface area contributed by atoms with E-state index < -0.39 is 24.3 Å². The lowest BCUT2D eigenvalue weighted by atomic mass is 9.97. The first-order valence-corrected chi connectivity index (χ1v) is 8.90. The maximum atomic E-state index is 12.5. The SMILES string of the molecule is O=C(CON=CC1=C(O)CCCC1=O)NCCNc1ncc(C(F)(F)F)cc1Cl. The van der Waals surface area contributed by atoms with Crippen molar-refractivity contribution in [3.05, 3.63) is 34.2 Å². The second-order valence-corrected chi connectivity index (χ2v) is 6.38. The third-order valence-corrected chi connectivity index (χ3v) is 4.08. The van der Waals surface area contributed by atoms with Crippen LogP contribution in [-0.2, 0) is 20.6 Å². The van der Waals surface area contributed by atoms with Crippen LogP contribution in [0.4, 0.5) is 19.0 Å². The van der Waals surface area contributed by atoms with Crippen molar-refractivity contribution in [3.8, 4) is 0 Å². The van der Waals surface area contributed by atoms with E-state index >= 15 is 0 Å². The van der Waals surface area contributed by atoms with Gasteiger partial charge >= 0.3 is 6.18 Å². The molecule has 1 amide bonds. The van der Waals surface area contributed by atoms with Crippen LogP contribution < -0.4 is 10.6 Å². The minimum atomic E-state index is -4.54. The van der Waals surface area contributed by atoms with Gasteiger partial charge in [0.05, 0.1) is 22.4 Å². The maximum absolute atomic E-state index is 12.5. The maximum Gasteiger partial charge on any atom is 0.417 e. The zero-order valence-electron chi connectivity index (χ0n) is 15.1. The fraction of sp³-hybridized carbons (Fsp3) is 0.412.